The van der Waals surface area contributed by atoms with Crippen molar-refractivity contribution >= 4 is 44.5 Å². The molecule has 1 aliphatic rings. The van der Waals surface area contributed by atoms with Gasteiger partial charge in [-0.25, -0.2) is 17.6 Å². The molecule has 0 bridgehead atoms. The molecule has 1 N–H and O–H groups in total. The third-order valence-electron chi connectivity index (χ3n) is 7.61. The van der Waals surface area contributed by atoms with Crippen molar-refractivity contribution in [1.29, 1.82) is 0 Å². The number of aryl methyl sites for hydroxylation is 2. The van der Waals surface area contributed by atoms with E-state index in [9.17, 15) is 26.0 Å². The predicted molar refractivity (Wildman–Crippen MR) is 174 cm³/mol. The zero-order valence-corrected chi connectivity index (χ0v) is 27.9. The lowest BCUT2D eigenvalue weighted by Crippen LogP contribution is -2.11. The van der Waals surface area contributed by atoms with Crippen LogP contribution in [-0.2, 0) is 40.3 Å². The molecule has 0 spiro atoms. The van der Waals surface area contributed by atoms with E-state index in [0.29, 0.717) is 35.9 Å². The van der Waals surface area contributed by atoms with Gasteiger partial charge >= 0.3 is 10.1 Å². The fourth-order valence-corrected chi connectivity index (χ4v) is 11.1. The standard InChI is InChI=1S/C35H26F4O3S4/c1-3-22-17-21(18-23(4-2)33(22)44-34-29(36)31(38)35(46(40,41)42)32(39)30(34)37)16-20-14-15-26-28(19-20)45(24-10-6-5-7-11-24)27-13-9-8-12-25(27)43-26/h5-15,17-19H,3-4,16H2,1-2H3/p+1. The Bertz CT molecular complexity index is 2030. The van der Waals surface area contributed by atoms with Crippen molar-refractivity contribution in [3.63, 3.8) is 0 Å². The van der Waals surface area contributed by atoms with E-state index in [2.05, 4.69) is 66.7 Å². The smallest absolute Gasteiger partial charge is 0.282 e. The first-order chi connectivity index (χ1) is 22.0. The Balaban J connectivity index is 1.38. The lowest BCUT2D eigenvalue weighted by molar-refractivity contribution is 0.384. The zero-order chi connectivity index (χ0) is 32.7. The summed E-state index contributed by atoms with van der Waals surface area (Å²) in [6.07, 6.45) is 1.52. The molecular formula is C35H27F4O3S4+. The average Bonchev–Trinajstić information content (AvgIpc) is 3.04. The summed E-state index contributed by atoms with van der Waals surface area (Å²) in [6, 6.07) is 29.3. The third-order valence-corrected chi connectivity index (χ3v) is 13.5. The molecule has 1 unspecified atom stereocenters. The van der Waals surface area contributed by atoms with Crippen LogP contribution in [-0.4, -0.2) is 13.0 Å². The second kappa shape index (κ2) is 13.1. The second-order valence-corrected chi connectivity index (χ2v) is 16.0. The Hall–Kier alpha value is -3.22. The van der Waals surface area contributed by atoms with Gasteiger partial charge in [-0.05, 0) is 77.9 Å². The average molecular weight is 700 g/mol. The maximum absolute atomic E-state index is 15.0. The lowest BCUT2D eigenvalue weighted by atomic mass is 9.97. The van der Waals surface area contributed by atoms with E-state index in [0.717, 1.165) is 22.3 Å². The second-order valence-electron chi connectivity index (χ2n) is 10.6. The van der Waals surface area contributed by atoms with Crippen molar-refractivity contribution in [3.05, 3.63) is 130 Å². The Kier molecular flexibility index (Phi) is 9.33. The summed E-state index contributed by atoms with van der Waals surface area (Å²) in [6.45, 7) is 3.74. The summed E-state index contributed by atoms with van der Waals surface area (Å²) in [5, 5.41) is 0. The number of fused-ring (bicyclic) bond motifs is 2. The molecule has 0 radical (unpaired) electrons. The van der Waals surface area contributed by atoms with Gasteiger partial charge in [0.15, 0.2) is 42.9 Å². The molecule has 3 nitrogen and oxygen atoms in total. The van der Waals surface area contributed by atoms with Crippen LogP contribution in [0.1, 0.15) is 36.1 Å². The van der Waals surface area contributed by atoms with Crippen LogP contribution in [0.4, 0.5) is 17.6 Å². The van der Waals surface area contributed by atoms with Crippen molar-refractivity contribution in [3.8, 4) is 0 Å². The molecule has 236 valence electrons. The number of hydrogen-bond acceptors (Lipinski definition) is 4. The SMILES string of the molecule is CCc1cc(Cc2ccc3c(c2)[S+](c2ccccc2)c2ccccc2S3)cc(CC)c1Sc1c(F)c(F)c(S(=O)(=O)O)c(F)c1F. The van der Waals surface area contributed by atoms with Crippen molar-refractivity contribution < 1.29 is 30.5 Å². The van der Waals surface area contributed by atoms with E-state index in [4.69, 9.17) is 4.55 Å². The van der Waals surface area contributed by atoms with Gasteiger partial charge in [-0.3, -0.25) is 4.55 Å². The van der Waals surface area contributed by atoms with Crippen LogP contribution in [0.25, 0.3) is 0 Å². The molecule has 0 saturated carbocycles. The maximum atomic E-state index is 15.0. The third kappa shape index (κ3) is 6.11. The predicted octanol–water partition coefficient (Wildman–Crippen LogP) is 9.92. The maximum Gasteiger partial charge on any atom is 0.300 e. The minimum atomic E-state index is -5.54. The molecular weight excluding hydrogens is 673 g/mol. The Morgan fingerprint density at radius 1 is 0.696 bits per heavy atom. The number of hydrogen-bond donors (Lipinski definition) is 1. The Labute approximate surface area is 276 Å². The topological polar surface area (TPSA) is 54.4 Å². The summed E-state index contributed by atoms with van der Waals surface area (Å²) in [5.41, 5.74) is 3.52. The van der Waals surface area contributed by atoms with Crippen LogP contribution in [0.5, 0.6) is 0 Å². The number of benzene rings is 5. The molecule has 0 saturated heterocycles. The highest BCUT2D eigenvalue weighted by molar-refractivity contribution is 8.04. The van der Waals surface area contributed by atoms with Crippen molar-refractivity contribution in [1.82, 2.24) is 0 Å². The highest BCUT2D eigenvalue weighted by atomic mass is 32.2. The van der Waals surface area contributed by atoms with Crippen LogP contribution < -0.4 is 0 Å². The van der Waals surface area contributed by atoms with Crippen molar-refractivity contribution in [2.75, 3.05) is 0 Å². The molecule has 1 aliphatic heterocycles. The van der Waals surface area contributed by atoms with Crippen LogP contribution in [0.3, 0.4) is 0 Å². The van der Waals surface area contributed by atoms with Gasteiger partial charge in [-0.1, -0.05) is 85.9 Å². The molecule has 46 heavy (non-hydrogen) atoms. The summed E-state index contributed by atoms with van der Waals surface area (Å²) in [5.74, 6) is -8.10. The highest BCUT2D eigenvalue weighted by Crippen LogP contribution is 2.48. The van der Waals surface area contributed by atoms with Crippen molar-refractivity contribution in [2.24, 2.45) is 0 Å². The molecule has 0 aromatic heterocycles. The van der Waals surface area contributed by atoms with Gasteiger partial charge in [0.1, 0.15) is 10.9 Å². The van der Waals surface area contributed by atoms with Crippen LogP contribution in [0.15, 0.2) is 124 Å². The first-order valence-corrected chi connectivity index (χ1v) is 18.7. The minimum Gasteiger partial charge on any atom is -0.282 e. The fourth-order valence-electron chi connectivity index (χ4n) is 5.49. The Morgan fingerprint density at radius 3 is 1.89 bits per heavy atom. The summed E-state index contributed by atoms with van der Waals surface area (Å²) in [7, 11) is -5.83. The summed E-state index contributed by atoms with van der Waals surface area (Å²) >= 11 is 2.27. The number of rotatable bonds is 8. The molecule has 1 atom stereocenters. The van der Waals surface area contributed by atoms with Crippen LogP contribution in [0, 0.1) is 23.3 Å². The summed E-state index contributed by atoms with van der Waals surface area (Å²) in [4.78, 5) is 3.58. The zero-order valence-electron chi connectivity index (χ0n) is 24.6. The van der Waals surface area contributed by atoms with E-state index < -0.39 is 43.2 Å². The van der Waals surface area contributed by atoms with E-state index in [1.165, 1.54) is 24.5 Å². The number of halogens is 4. The quantitative estimate of drug-likeness (QED) is 0.0742. The van der Waals surface area contributed by atoms with Gasteiger partial charge in [0.05, 0.1) is 14.7 Å². The van der Waals surface area contributed by atoms with Crippen LogP contribution in [0.2, 0.25) is 0 Å². The van der Waals surface area contributed by atoms with E-state index in [1.807, 2.05) is 32.0 Å². The molecule has 1 heterocycles. The van der Waals surface area contributed by atoms with Gasteiger partial charge in [-0.15, -0.1) is 0 Å². The van der Waals surface area contributed by atoms with Gasteiger partial charge in [0.25, 0.3) is 0 Å². The Morgan fingerprint density at radius 2 is 1.28 bits per heavy atom. The molecule has 5 aromatic rings. The molecule has 5 aromatic carbocycles. The van der Waals surface area contributed by atoms with E-state index in [-0.39, 0.29) is 10.9 Å². The minimum absolute atomic E-state index is 0.290. The largest absolute Gasteiger partial charge is 0.300 e. The monoisotopic (exact) mass is 699 g/mol. The van der Waals surface area contributed by atoms with Gasteiger partial charge in [0, 0.05) is 4.90 Å². The van der Waals surface area contributed by atoms with Gasteiger partial charge in [-0.2, -0.15) is 8.42 Å². The van der Waals surface area contributed by atoms with Gasteiger partial charge in [0.2, 0.25) is 0 Å². The molecule has 0 fully saturated rings. The first kappa shape index (κ1) is 32.7. The van der Waals surface area contributed by atoms with E-state index in [1.54, 1.807) is 11.8 Å². The normalized spacial score (nSPS) is 14.2. The summed E-state index contributed by atoms with van der Waals surface area (Å²) < 4.78 is 91.0. The lowest BCUT2D eigenvalue weighted by Gasteiger charge is -2.20. The molecule has 0 aliphatic carbocycles. The fraction of sp³-hybridized carbons (Fsp3) is 0.143. The molecule has 0 amide bonds. The molecule has 11 heteroatoms. The first-order valence-electron chi connectivity index (χ1n) is 14.4. The van der Waals surface area contributed by atoms with Crippen molar-refractivity contribution in [2.45, 2.75) is 72.3 Å². The molecule has 6 rings (SSSR count). The van der Waals surface area contributed by atoms with Gasteiger partial charge < -0.3 is 0 Å². The highest BCUT2D eigenvalue weighted by Gasteiger charge is 2.38. The van der Waals surface area contributed by atoms with E-state index >= 15 is 0 Å². The van der Waals surface area contributed by atoms with Crippen LogP contribution >= 0.6 is 23.5 Å².